The summed E-state index contributed by atoms with van der Waals surface area (Å²) in [5, 5.41) is 0. The standard InChI is InChI=1S/C17H23N3O5S/c1-25-14-5-3-13(4-6-14)18-9-11-19(12-10-18)17(22)15-7-8-16(21)20(15)26(2,23)24/h3-6,15H,7-12H2,1-2H3. The van der Waals surface area contributed by atoms with Crippen LogP contribution in [0.3, 0.4) is 0 Å². The van der Waals surface area contributed by atoms with Crippen LogP contribution in [0.25, 0.3) is 0 Å². The fourth-order valence-corrected chi connectivity index (χ4v) is 4.61. The molecule has 2 aliphatic rings. The summed E-state index contributed by atoms with van der Waals surface area (Å²) in [5.74, 6) is 0.00713. The maximum Gasteiger partial charge on any atom is 0.246 e. The highest BCUT2D eigenvalue weighted by atomic mass is 32.2. The smallest absolute Gasteiger partial charge is 0.246 e. The lowest BCUT2D eigenvalue weighted by atomic mass is 10.1. The van der Waals surface area contributed by atoms with Gasteiger partial charge in [0.15, 0.2) is 0 Å². The molecule has 9 heteroatoms. The third-order valence-corrected chi connectivity index (χ3v) is 6.00. The second kappa shape index (κ2) is 7.14. The summed E-state index contributed by atoms with van der Waals surface area (Å²) in [5.41, 5.74) is 1.05. The summed E-state index contributed by atoms with van der Waals surface area (Å²) < 4.78 is 29.6. The first kappa shape index (κ1) is 18.5. The van der Waals surface area contributed by atoms with Crippen LogP contribution in [0.5, 0.6) is 5.75 Å². The monoisotopic (exact) mass is 381 g/mol. The number of methoxy groups -OCH3 is 1. The Morgan fingerprint density at radius 1 is 1.12 bits per heavy atom. The molecule has 2 saturated heterocycles. The van der Waals surface area contributed by atoms with Crippen LogP contribution in [-0.2, 0) is 19.6 Å². The van der Waals surface area contributed by atoms with Crippen molar-refractivity contribution >= 4 is 27.5 Å². The molecule has 2 amide bonds. The molecule has 2 aliphatic heterocycles. The van der Waals surface area contributed by atoms with Gasteiger partial charge in [-0.25, -0.2) is 12.7 Å². The van der Waals surface area contributed by atoms with Crippen LogP contribution < -0.4 is 9.64 Å². The Labute approximate surface area is 153 Å². The lowest BCUT2D eigenvalue weighted by molar-refractivity contribution is -0.138. The van der Waals surface area contributed by atoms with Gasteiger partial charge in [-0.05, 0) is 30.7 Å². The summed E-state index contributed by atoms with van der Waals surface area (Å²) in [6.45, 7) is 2.29. The van der Waals surface area contributed by atoms with E-state index in [2.05, 4.69) is 4.90 Å². The van der Waals surface area contributed by atoms with Crippen molar-refractivity contribution in [3.8, 4) is 5.75 Å². The summed E-state index contributed by atoms with van der Waals surface area (Å²) in [4.78, 5) is 28.4. The molecule has 0 radical (unpaired) electrons. The molecule has 0 saturated carbocycles. The second-order valence-corrected chi connectivity index (χ2v) is 8.38. The van der Waals surface area contributed by atoms with Crippen molar-refractivity contribution in [1.82, 2.24) is 9.21 Å². The van der Waals surface area contributed by atoms with Crippen molar-refractivity contribution < 1.29 is 22.7 Å². The average Bonchev–Trinajstić information content (AvgIpc) is 3.03. The molecule has 0 N–H and O–H groups in total. The molecule has 2 heterocycles. The minimum Gasteiger partial charge on any atom is -0.497 e. The molecule has 1 atom stereocenters. The fraction of sp³-hybridized carbons (Fsp3) is 0.529. The lowest BCUT2D eigenvalue weighted by Gasteiger charge is -2.38. The van der Waals surface area contributed by atoms with Gasteiger partial charge in [0.2, 0.25) is 21.8 Å². The molecular weight excluding hydrogens is 358 g/mol. The predicted octanol–water partition coefficient (Wildman–Crippen LogP) is 0.294. The van der Waals surface area contributed by atoms with Gasteiger partial charge in [0.1, 0.15) is 11.8 Å². The molecule has 1 aromatic carbocycles. The van der Waals surface area contributed by atoms with E-state index in [0.29, 0.717) is 26.2 Å². The Balaban J connectivity index is 1.64. The molecule has 1 unspecified atom stereocenters. The molecule has 26 heavy (non-hydrogen) atoms. The van der Waals surface area contributed by atoms with Crippen LogP contribution in [0.15, 0.2) is 24.3 Å². The van der Waals surface area contributed by atoms with Crippen LogP contribution in [0.2, 0.25) is 0 Å². The van der Waals surface area contributed by atoms with E-state index in [1.807, 2.05) is 24.3 Å². The van der Waals surface area contributed by atoms with Crippen LogP contribution in [0.4, 0.5) is 5.69 Å². The topological polar surface area (TPSA) is 87.2 Å². The summed E-state index contributed by atoms with van der Waals surface area (Å²) >= 11 is 0. The van der Waals surface area contributed by atoms with E-state index in [1.54, 1.807) is 12.0 Å². The molecular formula is C17H23N3O5S. The Bertz CT molecular complexity index is 785. The number of nitrogens with zero attached hydrogens (tertiary/aromatic N) is 3. The van der Waals surface area contributed by atoms with Crippen molar-refractivity contribution in [2.24, 2.45) is 0 Å². The van der Waals surface area contributed by atoms with Gasteiger partial charge in [-0.2, -0.15) is 0 Å². The highest BCUT2D eigenvalue weighted by molar-refractivity contribution is 7.89. The number of sulfonamides is 1. The third-order valence-electron chi connectivity index (χ3n) is 4.83. The molecule has 0 aromatic heterocycles. The Kier molecular flexibility index (Phi) is 5.08. The van der Waals surface area contributed by atoms with Crippen LogP contribution in [-0.4, -0.2) is 75.0 Å². The van der Waals surface area contributed by atoms with Gasteiger partial charge in [0.05, 0.1) is 13.4 Å². The van der Waals surface area contributed by atoms with E-state index in [9.17, 15) is 18.0 Å². The average molecular weight is 381 g/mol. The lowest BCUT2D eigenvalue weighted by Crippen LogP contribution is -2.54. The van der Waals surface area contributed by atoms with E-state index in [4.69, 9.17) is 4.74 Å². The molecule has 142 valence electrons. The van der Waals surface area contributed by atoms with Crippen molar-refractivity contribution in [3.05, 3.63) is 24.3 Å². The molecule has 0 bridgehead atoms. The largest absolute Gasteiger partial charge is 0.497 e. The zero-order valence-electron chi connectivity index (χ0n) is 14.9. The first-order chi connectivity index (χ1) is 12.3. The van der Waals surface area contributed by atoms with Crippen LogP contribution in [0, 0.1) is 0 Å². The van der Waals surface area contributed by atoms with Gasteiger partial charge >= 0.3 is 0 Å². The maximum atomic E-state index is 12.8. The molecule has 3 rings (SSSR count). The number of benzene rings is 1. The van der Waals surface area contributed by atoms with Crippen molar-refractivity contribution in [2.45, 2.75) is 18.9 Å². The summed E-state index contributed by atoms with van der Waals surface area (Å²) in [7, 11) is -2.11. The highest BCUT2D eigenvalue weighted by Crippen LogP contribution is 2.25. The quantitative estimate of drug-likeness (QED) is 0.745. The van der Waals surface area contributed by atoms with E-state index >= 15 is 0 Å². The van der Waals surface area contributed by atoms with Crippen molar-refractivity contribution in [1.29, 1.82) is 0 Å². The highest BCUT2D eigenvalue weighted by Gasteiger charge is 2.43. The summed E-state index contributed by atoms with van der Waals surface area (Å²) in [6, 6.07) is 6.82. The predicted molar refractivity (Wildman–Crippen MR) is 96.5 cm³/mol. The van der Waals surface area contributed by atoms with E-state index in [-0.39, 0.29) is 18.7 Å². The van der Waals surface area contributed by atoms with E-state index in [1.165, 1.54) is 0 Å². The minimum atomic E-state index is -3.73. The molecule has 8 nitrogen and oxygen atoms in total. The van der Waals surface area contributed by atoms with E-state index in [0.717, 1.165) is 22.0 Å². The maximum absolute atomic E-state index is 12.8. The first-order valence-corrected chi connectivity index (χ1v) is 10.4. The Morgan fingerprint density at radius 3 is 2.27 bits per heavy atom. The zero-order valence-corrected chi connectivity index (χ0v) is 15.7. The van der Waals surface area contributed by atoms with Crippen molar-refractivity contribution in [3.63, 3.8) is 0 Å². The van der Waals surface area contributed by atoms with Crippen LogP contribution >= 0.6 is 0 Å². The van der Waals surface area contributed by atoms with Gasteiger partial charge in [-0.1, -0.05) is 0 Å². The number of ether oxygens (including phenoxy) is 1. The zero-order chi connectivity index (χ0) is 18.9. The van der Waals surface area contributed by atoms with Gasteiger partial charge in [-0.3, -0.25) is 9.59 Å². The van der Waals surface area contributed by atoms with Gasteiger partial charge < -0.3 is 14.5 Å². The third kappa shape index (κ3) is 3.62. The van der Waals surface area contributed by atoms with Crippen LogP contribution in [0.1, 0.15) is 12.8 Å². The number of piperazine rings is 1. The molecule has 2 fully saturated rings. The number of amides is 2. The molecule has 1 aromatic rings. The Morgan fingerprint density at radius 2 is 1.73 bits per heavy atom. The van der Waals surface area contributed by atoms with Gasteiger partial charge in [-0.15, -0.1) is 0 Å². The number of hydrogen-bond donors (Lipinski definition) is 0. The fourth-order valence-electron chi connectivity index (χ4n) is 3.49. The summed E-state index contributed by atoms with van der Waals surface area (Å²) in [6.07, 6.45) is 1.32. The Hall–Kier alpha value is -2.29. The van der Waals surface area contributed by atoms with Crippen molar-refractivity contribution in [2.75, 3.05) is 44.4 Å². The number of hydrogen-bond acceptors (Lipinski definition) is 6. The first-order valence-electron chi connectivity index (χ1n) is 8.51. The van der Waals surface area contributed by atoms with Gasteiger partial charge in [0, 0.05) is 38.3 Å². The second-order valence-electron chi connectivity index (χ2n) is 6.52. The SMILES string of the molecule is COc1ccc(N2CCN(C(=O)C3CCC(=O)N3S(C)(=O)=O)CC2)cc1. The number of rotatable bonds is 4. The normalized spacial score (nSPS) is 21.2. The number of carbonyl (C=O) groups is 2. The van der Waals surface area contributed by atoms with E-state index < -0.39 is 22.0 Å². The van der Waals surface area contributed by atoms with Gasteiger partial charge in [0.25, 0.3) is 0 Å². The molecule has 0 spiro atoms. The molecule has 0 aliphatic carbocycles. The number of anilines is 1. The minimum absolute atomic E-state index is 0.0925. The number of carbonyl (C=O) groups excluding carboxylic acids is 2.